The van der Waals surface area contributed by atoms with Gasteiger partial charge in [-0.05, 0) is 69.2 Å². The number of anilines is 1. The number of nitrogens with zero attached hydrogens (tertiary/aromatic N) is 4. The fraction of sp³-hybridized carbons (Fsp3) is 0.485. The smallest absolute Gasteiger partial charge is 0.330 e. The number of allylic oxidation sites excluding steroid dienone is 1. The third kappa shape index (κ3) is 6.33. The molecule has 3 N–H and O–H groups in total. The van der Waals surface area contributed by atoms with Crippen LogP contribution in [0.1, 0.15) is 46.0 Å². The number of hydrogen-bond acceptors (Lipinski definition) is 9. The molecule has 1 aliphatic carbocycles. The average Bonchev–Trinajstić information content (AvgIpc) is 3.31. The van der Waals surface area contributed by atoms with Crippen LogP contribution in [0.2, 0.25) is 0 Å². The van der Waals surface area contributed by atoms with Crippen molar-refractivity contribution in [3.05, 3.63) is 41.8 Å². The number of fused-ring (bicyclic) bond motifs is 3. The van der Waals surface area contributed by atoms with Gasteiger partial charge in [0.15, 0.2) is 5.13 Å². The Bertz CT molecular complexity index is 1680. The summed E-state index contributed by atoms with van der Waals surface area (Å²) in [6.45, 7) is 4.79. The molecule has 12 nitrogen and oxygen atoms in total. The van der Waals surface area contributed by atoms with Crippen LogP contribution < -0.4 is 20.1 Å². The highest BCUT2D eigenvalue weighted by atomic mass is 32.1. The standard InChI is InChI=1S/C33H40N6O6S/c1-19(2)34-31-36-26(18-46-31)25-14-20-13-22(44-4)10-11-24(20)29(35-25)45-23-15-27-28(40)37-33(30(41)42)16-21(33)9-7-5-6-8-12-38(3)32(43)39(27)17-23/h7,9-11,13-14,18-19,21,23,27H,5-6,8,12,15-17H2,1-4H3,(H,34,36)(H,37,40)(H,41,42)/b9-7-/t21-,23-,27+,33-/m1/s1. The Kier molecular flexibility index (Phi) is 8.78. The van der Waals surface area contributed by atoms with Gasteiger partial charge in [0.1, 0.15) is 29.1 Å². The van der Waals surface area contributed by atoms with Crippen LogP contribution in [0.25, 0.3) is 22.2 Å². The Labute approximate surface area is 271 Å². The number of carboxylic acids is 1. The Morgan fingerprint density at radius 2 is 2.02 bits per heavy atom. The van der Waals surface area contributed by atoms with E-state index in [-0.39, 0.29) is 31.0 Å². The van der Waals surface area contributed by atoms with Crippen LogP contribution >= 0.6 is 11.3 Å². The Morgan fingerprint density at radius 1 is 1.20 bits per heavy atom. The lowest BCUT2D eigenvalue weighted by Crippen LogP contribution is -2.54. The zero-order valence-electron chi connectivity index (χ0n) is 26.5. The number of thiazole rings is 1. The molecule has 13 heteroatoms. The average molecular weight is 649 g/mol. The molecule has 3 aromatic rings. The molecule has 2 aliphatic heterocycles. The van der Waals surface area contributed by atoms with E-state index in [1.54, 1.807) is 19.1 Å². The number of carbonyl (C=O) groups excluding carboxylic acids is 2. The van der Waals surface area contributed by atoms with Crippen LogP contribution in [0.4, 0.5) is 9.93 Å². The highest BCUT2D eigenvalue weighted by Crippen LogP contribution is 2.45. The first-order chi connectivity index (χ1) is 22.1. The van der Waals surface area contributed by atoms with Gasteiger partial charge in [-0.15, -0.1) is 11.3 Å². The van der Waals surface area contributed by atoms with Crippen molar-refractivity contribution in [3.63, 3.8) is 0 Å². The van der Waals surface area contributed by atoms with Crippen molar-refractivity contribution in [2.24, 2.45) is 5.92 Å². The van der Waals surface area contributed by atoms with Gasteiger partial charge in [-0.2, -0.15) is 0 Å². The number of benzene rings is 1. The van der Waals surface area contributed by atoms with E-state index in [9.17, 15) is 19.5 Å². The fourth-order valence-electron chi connectivity index (χ4n) is 6.21. The molecule has 0 radical (unpaired) electrons. The van der Waals surface area contributed by atoms with Gasteiger partial charge in [-0.25, -0.2) is 19.6 Å². The third-order valence-electron chi connectivity index (χ3n) is 8.82. The first kappa shape index (κ1) is 31.6. The van der Waals surface area contributed by atoms with Crippen LogP contribution in [0, 0.1) is 5.92 Å². The third-order valence-corrected chi connectivity index (χ3v) is 9.60. The molecule has 46 heavy (non-hydrogen) atoms. The minimum absolute atomic E-state index is 0.146. The number of aromatic nitrogens is 2. The number of pyridine rings is 1. The highest BCUT2D eigenvalue weighted by molar-refractivity contribution is 7.14. The Balaban J connectivity index is 1.32. The van der Waals surface area contributed by atoms with Crippen molar-refractivity contribution in [3.8, 4) is 23.0 Å². The molecule has 3 amide bonds. The highest BCUT2D eigenvalue weighted by Gasteiger charge is 2.61. The molecule has 1 aromatic carbocycles. The van der Waals surface area contributed by atoms with Crippen LogP contribution in [-0.4, -0.2) is 93.8 Å². The first-order valence-electron chi connectivity index (χ1n) is 15.7. The minimum Gasteiger partial charge on any atom is -0.497 e. The van der Waals surface area contributed by atoms with Gasteiger partial charge in [0, 0.05) is 42.7 Å². The van der Waals surface area contributed by atoms with Gasteiger partial charge in [0.05, 0.1) is 19.3 Å². The predicted octanol–water partition coefficient (Wildman–Crippen LogP) is 4.76. The number of aliphatic carboxylic acids is 1. The van der Waals surface area contributed by atoms with E-state index in [0.717, 1.165) is 35.2 Å². The van der Waals surface area contributed by atoms with Gasteiger partial charge >= 0.3 is 12.0 Å². The second-order valence-corrected chi connectivity index (χ2v) is 13.4. The van der Waals surface area contributed by atoms with Crippen LogP contribution in [0.5, 0.6) is 11.6 Å². The van der Waals surface area contributed by atoms with Gasteiger partial charge in [0.25, 0.3) is 0 Å². The topological polar surface area (TPSA) is 146 Å². The number of amides is 3. The summed E-state index contributed by atoms with van der Waals surface area (Å²) in [4.78, 5) is 52.5. The normalized spacial score (nSPS) is 25.8. The lowest BCUT2D eigenvalue weighted by Gasteiger charge is -2.29. The van der Waals surface area contributed by atoms with E-state index < -0.39 is 29.6 Å². The van der Waals surface area contributed by atoms with E-state index in [0.29, 0.717) is 36.0 Å². The molecular weight excluding hydrogens is 608 g/mol. The molecule has 2 fully saturated rings. The molecule has 4 heterocycles. The molecule has 2 aromatic heterocycles. The van der Waals surface area contributed by atoms with E-state index in [2.05, 4.69) is 10.6 Å². The number of nitrogens with one attached hydrogen (secondary N) is 2. The van der Waals surface area contributed by atoms with Crippen LogP contribution in [-0.2, 0) is 9.59 Å². The maximum absolute atomic E-state index is 13.8. The maximum Gasteiger partial charge on any atom is 0.330 e. The number of hydrogen-bond donors (Lipinski definition) is 3. The van der Waals surface area contributed by atoms with Gasteiger partial charge < -0.3 is 35.0 Å². The lowest BCUT2D eigenvalue weighted by molar-refractivity contribution is -0.144. The Hall–Kier alpha value is -4.39. The molecule has 1 saturated carbocycles. The summed E-state index contributed by atoms with van der Waals surface area (Å²) in [7, 11) is 3.33. The van der Waals surface area contributed by atoms with E-state index in [1.807, 2.05) is 55.6 Å². The van der Waals surface area contributed by atoms with Crippen molar-refractivity contribution in [1.82, 2.24) is 25.1 Å². The summed E-state index contributed by atoms with van der Waals surface area (Å²) >= 11 is 1.49. The molecule has 0 bridgehead atoms. The SMILES string of the molecule is COc1ccc2c(O[C@@H]3C[C@H]4C(=O)N[C@]5(C(=O)O)C[C@H]5/C=C\CCCCN(C)C(=O)N4C3)nc(-c3csc(NC(C)C)n3)cc2c1. The monoisotopic (exact) mass is 648 g/mol. The van der Waals surface area contributed by atoms with Crippen molar-refractivity contribution in [1.29, 1.82) is 0 Å². The zero-order valence-corrected chi connectivity index (χ0v) is 27.3. The van der Waals surface area contributed by atoms with Crippen molar-refractivity contribution < 1.29 is 29.0 Å². The summed E-state index contributed by atoms with van der Waals surface area (Å²) in [6, 6.07) is 6.58. The van der Waals surface area contributed by atoms with Gasteiger partial charge in [-0.3, -0.25) is 4.79 Å². The molecule has 0 unspecified atom stereocenters. The summed E-state index contributed by atoms with van der Waals surface area (Å²) in [5.74, 6) is -0.812. The van der Waals surface area contributed by atoms with Crippen molar-refractivity contribution in [2.45, 2.75) is 69.7 Å². The largest absolute Gasteiger partial charge is 0.497 e. The summed E-state index contributed by atoms with van der Waals surface area (Å²) in [5, 5.41) is 20.5. The second kappa shape index (κ2) is 12.8. The number of ether oxygens (including phenoxy) is 2. The molecular formula is C33H40N6O6S. The minimum atomic E-state index is -1.36. The molecule has 6 rings (SSSR count). The van der Waals surface area contributed by atoms with Crippen LogP contribution in [0.15, 0.2) is 41.8 Å². The summed E-state index contributed by atoms with van der Waals surface area (Å²) in [6.07, 6.45) is 6.27. The molecule has 244 valence electrons. The fourth-order valence-corrected chi connectivity index (χ4v) is 7.06. The quantitative estimate of drug-likeness (QED) is 0.309. The van der Waals surface area contributed by atoms with Crippen molar-refractivity contribution in [2.75, 3.05) is 32.6 Å². The number of rotatable bonds is 7. The molecule has 0 spiro atoms. The first-order valence-corrected chi connectivity index (χ1v) is 16.6. The zero-order chi connectivity index (χ0) is 32.6. The van der Waals surface area contributed by atoms with Crippen molar-refractivity contribution >= 4 is 45.1 Å². The van der Waals surface area contributed by atoms with E-state index in [1.165, 1.54) is 16.2 Å². The summed E-state index contributed by atoms with van der Waals surface area (Å²) in [5.41, 5.74) is -0.0566. The molecule has 4 atom stereocenters. The number of urea groups is 1. The molecule has 3 aliphatic rings. The van der Waals surface area contributed by atoms with E-state index >= 15 is 0 Å². The van der Waals surface area contributed by atoms with Gasteiger partial charge in [-0.1, -0.05) is 12.2 Å². The number of carboxylic acid groups (broad SMARTS) is 1. The van der Waals surface area contributed by atoms with E-state index in [4.69, 9.17) is 19.4 Å². The number of methoxy groups -OCH3 is 1. The number of carbonyl (C=O) groups is 3. The predicted molar refractivity (Wildman–Crippen MR) is 175 cm³/mol. The Morgan fingerprint density at radius 3 is 2.78 bits per heavy atom. The second-order valence-electron chi connectivity index (χ2n) is 12.6. The van der Waals surface area contributed by atoms with Crippen LogP contribution in [0.3, 0.4) is 0 Å². The summed E-state index contributed by atoms with van der Waals surface area (Å²) < 4.78 is 12.0. The molecule has 1 saturated heterocycles. The maximum atomic E-state index is 13.8. The lowest BCUT2D eigenvalue weighted by atomic mass is 10.1. The van der Waals surface area contributed by atoms with Gasteiger partial charge in [0.2, 0.25) is 11.8 Å².